The van der Waals surface area contributed by atoms with Crippen molar-refractivity contribution in [2.75, 3.05) is 0 Å². The summed E-state index contributed by atoms with van der Waals surface area (Å²) in [6.07, 6.45) is 1.77. The van der Waals surface area contributed by atoms with E-state index in [0.29, 0.717) is 11.5 Å². The maximum Gasteiger partial charge on any atom is 0.156 e. The molecule has 0 saturated heterocycles. The number of nitrogens with zero attached hydrogens (tertiary/aromatic N) is 3. The molecule has 2 aromatic heterocycles. The molecule has 15 heavy (non-hydrogen) atoms. The van der Waals surface area contributed by atoms with Crippen molar-refractivity contribution in [1.82, 2.24) is 14.6 Å². The molecule has 0 aromatic carbocycles. The summed E-state index contributed by atoms with van der Waals surface area (Å²) in [6.45, 7) is 4.08. The number of fused-ring (bicyclic) bond motifs is 1. The highest BCUT2D eigenvalue weighted by atomic mass is 15.3. The molecule has 0 aliphatic carbocycles. The summed E-state index contributed by atoms with van der Waals surface area (Å²) in [5.41, 5.74) is 6.80. The van der Waals surface area contributed by atoms with Gasteiger partial charge >= 0.3 is 0 Å². The van der Waals surface area contributed by atoms with Crippen LogP contribution < -0.4 is 5.73 Å². The van der Waals surface area contributed by atoms with Gasteiger partial charge < -0.3 is 5.73 Å². The number of nitrogen functional groups attached to an aromatic ring is 1. The van der Waals surface area contributed by atoms with Gasteiger partial charge in [0.2, 0.25) is 0 Å². The summed E-state index contributed by atoms with van der Waals surface area (Å²) >= 11 is 0. The van der Waals surface area contributed by atoms with Gasteiger partial charge in [-0.1, -0.05) is 13.8 Å². The van der Waals surface area contributed by atoms with Gasteiger partial charge in [0.1, 0.15) is 5.84 Å². The zero-order chi connectivity index (χ0) is 11.0. The molecular formula is C10H13N5. The lowest BCUT2D eigenvalue weighted by atomic mass is 10.2. The number of rotatable bonds is 2. The van der Waals surface area contributed by atoms with E-state index < -0.39 is 0 Å². The average molecular weight is 203 g/mol. The number of pyridine rings is 1. The van der Waals surface area contributed by atoms with Crippen LogP contribution in [0.1, 0.15) is 31.2 Å². The summed E-state index contributed by atoms with van der Waals surface area (Å²) in [5, 5.41) is 11.6. The molecule has 2 rings (SSSR count). The van der Waals surface area contributed by atoms with Gasteiger partial charge in [-0.3, -0.25) is 5.41 Å². The Kier molecular flexibility index (Phi) is 2.15. The van der Waals surface area contributed by atoms with E-state index in [1.165, 1.54) is 0 Å². The molecule has 0 amide bonds. The molecule has 78 valence electrons. The second kappa shape index (κ2) is 3.34. The fourth-order valence-corrected chi connectivity index (χ4v) is 1.31. The number of hydrogen-bond donors (Lipinski definition) is 2. The third-order valence-electron chi connectivity index (χ3n) is 2.18. The molecule has 5 heteroatoms. The Hall–Kier alpha value is -1.91. The molecule has 2 heterocycles. The molecule has 3 N–H and O–H groups in total. The zero-order valence-electron chi connectivity index (χ0n) is 8.73. The van der Waals surface area contributed by atoms with Crippen molar-refractivity contribution in [3.8, 4) is 0 Å². The SMILES string of the molecule is CC(C)c1nc2cc(C(=N)N)ccn2n1. The van der Waals surface area contributed by atoms with E-state index in [9.17, 15) is 0 Å². The third-order valence-corrected chi connectivity index (χ3v) is 2.18. The van der Waals surface area contributed by atoms with Crippen LogP contribution in [0.25, 0.3) is 5.65 Å². The Bertz CT molecular complexity index is 512. The lowest BCUT2D eigenvalue weighted by Gasteiger charge is -1.96. The lowest BCUT2D eigenvalue weighted by Crippen LogP contribution is -2.11. The number of nitrogens with two attached hydrogens (primary N) is 1. The molecule has 0 atom stereocenters. The van der Waals surface area contributed by atoms with E-state index in [4.69, 9.17) is 11.1 Å². The second-order valence-corrected chi connectivity index (χ2v) is 3.76. The third kappa shape index (κ3) is 1.68. The van der Waals surface area contributed by atoms with E-state index in [0.717, 1.165) is 11.5 Å². The van der Waals surface area contributed by atoms with E-state index in [1.54, 1.807) is 22.8 Å². The number of nitrogens with one attached hydrogen (secondary N) is 1. The minimum atomic E-state index is 0.0478. The summed E-state index contributed by atoms with van der Waals surface area (Å²) in [6, 6.07) is 3.52. The largest absolute Gasteiger partial charge is 0.384 e. The number of amidine groups is 1. The van der Waals surface area contributed by atoms with E-state index in [1.807, 2.05) is 13.8 Å². The molecule has 0 aliphatic rings. The van der Waals surface area contributed by atoms with Crippen LogP contribution in [0, 0.1) is 5.41 Å². The van der Waals surface area contributed by atoms with Crippen molar-refractivity contribution >= 4 is 11.5 Å². The van der Waals surface area contributed by atoms with Gasteiger partial charge in [-0.25, -0.2) is 9.50 Å². The van der Waals surface area contributed by atoms with Gasteiger partial charge in [-0.15, -0.1) is 0 Å². The fourth-order valence-electron chi connectivity index (χ4n) is 1.31. The topological polar surface area (TPSA) is 80.1 Å². The maximum atomic E-state index is 7.32. The summed E-state index contributed by atoms with van der Waals surface area (Å²) < 4.78 is 1.70. The smallest absolute Gasteiger partial charge is 0.156 e. The second-order valence-electron chi connectivity index (χ2n) is 3.76. The quantitative estimate of drug-likeness (QED) is 0.567. The maximum absolute atomic E-state index is 7.32. The van der Waals surface area contributed by atoms with Gasteiger partial charge in [-0.05, 0) is 12.1 Å². The first kappa shape index (κ1) is 9.64. The van der Waals surface area contributed by atoms with Crippen LogP contribution in [0.5, 0.6) is 0 Å². The number of hydrogen-bond acceptors (Lipinski definition) is 3. The van der Waals surface area contributed by atoms with Gasteiger partial charge in [0, 0.05) is 17.7 Å². The molecule has 0 aliphatic heterocycles. The normalized spacial score (nSPS) is 11.1. The van der Waals surface area contributed by atoms with E-state index in [2.05, 4.69) is 10.1 Å². The van der Waals surface area contributed by atoms with Crippen LogP contribution in [0.3, 0.4) is 0 Å². The fraction of sp³-hybridized carbons (Fsp3) is 0.300. The van der Waals surface area contributed by atoms with Crippen LogP contribution >= 0.6 is 0 Å². The van der Waals surface area contributed by atoms with Crippen molar-refractivity contribution in [2.45, 2.75) is 19.8 Å². The van der Waals surface area contributed by atoms with Crippen LogP contribution in [-0.4, -0.2) is 20.4 Å². The standard InChI is InChI=1S/C10H13N5/c1-6(2)10-13-8-5-7(9(11)12)3-4-15(8)14-10/h3-6H,1-2H3,(H3,11,12). The van der Waals surface area contributed by atoms with Crippen molar-refractivity contribution in [3.63, 3.8) is 0 Å². The van der Waals surface area contributed by atoms with E-state index >= 15 is 0 Å². The first-order chi connectivity index (χ1) is 7.08. The molecule has 0 fully saturated rings. The molecule has 0 radical (unpaired) electrons. The summed E-state index contributed by atoms with van der Waals surface area (Å²) in [5.74, 6) is 1.15. The number of aromatic nitrogens is 3. The van der Waals surface area contributed by atoms with Crippen LogP contribution in [-0.2, 0) is 0 Å². The van der Waals surface area contributed by atoms with Gasteiger partial charge in [0.05, 0.1) is 0 Å². The molecule has 0 unspecified atom stereocenters. The zero-order valence-corrected chi connectivity index (χ0v) is 8.73. The van der Waals surface area contributed by atoms with Crippen molar-refractivity contribution in [3.05, 3.63) is 29.7 Å². The molecule has 0 spiro atoms. The van der Waals surface area contributed by atoms with Gasteiger partial charge in [0.15, 0.2) is 11.5 Å². The van der Waals surface area contributed by atoms with Crippen molar-refractivity contribution in [2.24, 2.45) is 5.73 Å². The predicted molar refractivity (Wildman–Crippen MR) is 58.1 cm³/mol. The molecule has 0 bridgehead atoms. The highest BCUT2D eigenvalue weighted by molar-refractivity contribution is 5.95. The highest BCUT2D eigenvalue weighted by Crippen LogP contribution is 2.11. The predicted octanol–water partition coefficient (Wildman–Crippen LogP) is 1.14. The Morgan fingerprint density at radius 2 is 2.27 bits per heavy atom. The highest BCUT2D eigenvalue weighted by Gasteiger charge is 2.08. The van der Waals surface area contributed by atoms with E-state index in [-0.39, 0.29) is 5.84 Å². The minimum Gasteiger partial charge on any atom is -0.384 e. The Labute approximate surface area is 87.4 Å². The Morgan fingerprint density at radius 3 is 2.87 bits per heavy atom. The van der Waals surface area contributed by atoms with Crippen LogP contribution in [0.2, 0.25) is 0 Å². The average Bonchev–Trinajstić information content (AvgIpc) is 2.59. The lowest BCUT2D eigenvalue weighted by molar-refractivity contribution is 0.765. The van der Waals surface area contributed by atoms with Gasteiger partial charge in [-0.2, -0.15) is 5.10 Å². The monoisotopic (exact) mass is 203 g/mol. The first-order valence-corrected chi connectivity index (χ1v) is 4.78. The molecule has 0 saturated carbocycles. The Balaban J connectivity index is 2.57. The van der Waals surface area contributed by atoms with Crippen molar-refractivity contribution in [1.29, 1.82) is 5.41 Å². The Morgan fingerprint density at radius 1 is 1.53 bits per heavy atom. The minimum absolute atomic E-state index is 0.0478. The van der Waals surface area contributed by atoms with Gasteiger partial charge in [0.25, 0.3) is 0 Å². The molecule has 5 nitrogen and oxygen atoms in total. The molecule has 2 aromatic rings. The van der Waals surface area contributed by atoms with Crippen LogP contribution in [0.15, 0.2) is 18.3 Å². The van der Waals surface area contributed by atoms with Crippen molar-refractivity contribution < 1.29 is 0 Å². The first-order valence-electron chi connectivity index (χ1n) is 4.78. The summed E-state index contributed by atoms with van der Waals surface area (Å²) in [4.78, 5) is 4.35. The summed E-state index contributed by atoms with van der Waals surface area (Å²) in [7, 11) is 0. The van der Waals surface area contributed by atoms with Crippen LogP contribution in [0.4, 0.5) is 0 Å². The molecular weight excluding hydrogens is 190 g/mol.